The van der Waals surface area contributed by atoms with Gasteiger partial charge in [0.25, 0.3) is 5.91 Å². The maximum Gasteiger partial charge on any atom is 0.274 e. The molecule has 1 unspecified atom stereocenters. The third-order valence-electron chi connectivity index (χ3n) is 3.16. The van der Waals surface area contributed by atoms with E-state index in [9.17, 15) is 9.90 Å². The molecule has 2 rings (SSSR count). The minimum Gasteiger partial charge on any atom is -0.391 e. The van der Waals surface area contributed by atoms with E-state index in [1.807, 2.05) is 6.07 Å². The topological polar surface area (TPSA) is 69.2 Å². The Balaban J connectivity index is 2.02. The number of amides is 1. The maximum absolute atomic E-state index is 12.2. The zero-order chi connectivity index (χ0) is 13.1. The van der Waals surface area contributed by atoms with Crippen LogP contribution in [0.25, 0.3) is 0 Å². The Morgan fingerprint density at radius 3 is 3.11 bits per heavy atom. The Hall–Kier alpha value is -1.36. The van der Waals surface area contributed by atoms with Gasteiger partial charge in [-0.05, 0) is 31.2 Å². The molecule has 0 radical (unpaired) electrons. The molecule has 5 heteroatoms. The van der Waals surface area contributed by atoms with Crippen LogP contribution in [-0.4, -0.2) is 45.3 Å². The van der Waals surface area contributed by atoms with Gasteiger partial charge in [-0.3, -0.25) is 9.89 Å². The average molecular weight is 251 g/mol. The lowest BCUT2D eigenvalue weighted by atomic mass is 10.1. The molecule has 1 amide bonds. The molecule has 1 saturated heterocycles. The summed E-state index contributed by atoms with van der Waals surface area (Å²) in [6, 6.07) is 1.82. The number of nitrogens with one attached hydrogen (secondary N) is 1. The first-order chi connectivity index (χ1) is 8.56. The van der Waals surface area contributed by atoms with Crippen molar-refractivity contribution in [2.24, 2.45) is 5.92 Å². The standard InChI is InChI=1S/C13H21N3O2/c1-9(2)6-10-7-12(15-14-10)13(18)16-5-3-4-11(17)8-16/h7,9,11,17H,3-6,8H2,1-2H3,(H,14,15). The van der Waals surface area contributed by atoms with E-state index < -0.39 is 6.10 Å². The predicted octanol–water partition coefficient (Wildman–Crippen LogP) is 1.21. The van der Waals surface area contributed by atoms with Gasteiger partial charge in [0.2, 0.25) is 0 Å². The van der Waals surface area contributed by atoms with Gasteiger partial charge < -0.3 is 10.0 Å². The molecule has 1 aliphatic rings. The van der Waals surface area contributed by atoms with Crippen molar-refractivity contribution in [3.05, 3.63) is 17.5 Å². The van der Waals surface area contributed by atoms with Crippen molar-refractivity contribution in [3.8, 4) is 0 Å². The fourth-order valence-electron chi connectivity index (χ4n) is 2.32. The molecular formula is C13H21N3O2. The largest absolute Gasteiger partial charge is 0.391 e. The number of H-pyrrole nitrogens is 1. The number of carbonyl (C=O) groups is 1. The zero-order valence-corrected chi connectivity index (χ0v) is 11.0. The summed E-state index contributed by atoms with van der Waals surface area (Å²) in [5.41, 5.74) is 1.45. The Bertz CT molecular complexity index is 414. The summed E-state index contributed by atoms with van der Waals surface area (Å²) in [4.78, 5) is 13.9. The van der Waals surface area contributed by atoms with Gasteiger partial charge in [0.05, 0.1) is 6.10 Å². The summed E-state index contributed by atoms with van der Waals surface area (Å²) in [5, 5.41) is 16.6. The summed E-state index contributed by atoms with van der Waals surface area (Å²) in [5.74, 6) is 0.449. The summed E-state index contributed by atoms with van der Waals surface area (Å²) in [6.07, 6.45) is 2.14. The Morgan fingerprint density at radius 1 is 1.67 bits per heavy atom. The highest BCUT2D eigenvalue weighted by Gasteiger charge is 2.24. The lowest BCUT2D eigenvalue weighted by Gasteiger charge is -2.29. The molecule has 0 bridgehead atoms. The van der Waals surface area contributed by atoms with Gasteiger partial charge in [-0.25, -0.2) is 0 Å². The number of likely N-dealkylation sites (tertiary alicyclic amines) is 1. The van der Waals surface area contributed by atoms with Crippen LogP contribution in [0.4, 0.5) is 0 Å². The molecule has 0 saturated carbocycles. The number of β-amino-alcohol motifs (C(OH)–C–C–N with tert-alkyl or cyclic N) is 1. The molecule has 1 atom stereocenters. The Morgan fingerprint density at radius 2 is 2.44 bits per heavy atom. The highest BCUT2D eigenvalue weighted by atomic mass is 16.3. The number of aliphatic hydroxyl groups excluding tert-OH is 1. The third-order valence-corrected chi connectivity index (χ3v) is 3.16. The van der Waals surface area contributed by atoms with Gasteiger partial charge >= 0.3 is 0 Å². The first-order valence-corrected chi connectivity index (χ1v) is 6.58. The van der Waals surface area contributed by atoms with E-state index >= 15 is 0 Å². The fourth-order valence-corrected chi connectivity index (χ4v) is 2.32. The number of nitrogens with zero attached hydrogens (tertiary/aromatic N) is 2. The smallest absolute Gasteiger partial charge is 0.274 e. The number of aliphatic hydroxyl groups is 1. The van der Waals surface area contributed by atoms with Crippen molar-refractivity contribution < 1.29 is 9.90 Å². The van der Waals surface area contributed by atoms with Crippen molar-refractivity contribution >= 4 is 5.91 Å². The predicted molar refractivity (Wildman–Crippen MR) is 68.3 cm³/mol. The van der Waals surface area contributed by atoms with Crippen LogP contribution < -0.4 is 0 Å². The lowest BCUT2D eigenvalue weighted by Crippen LogP contribution is -2.42. The molecule has 2 heterocycles. The minimum absolute atomic E-state index is 0.0833. The quantitative estimate of drug-likeness (QED) is 0.848. The van der Waals surface area contributed by atoms with Crippen molar-refractivity contribution in [3.63, 3.8) is 0 Å². The normalized spacial score (nSPS) is 20.4. The second kappa shape index (κ2) is 5.52. The molecule has 1 fully saturated rings. The number of aromatic amines is 1. The summed E-state index contributed by atoms with van der Waals surface area (Å²) >= 11 is 0. The Kier molecular flexibility index (Phi) is 4.01. The average Bonchev–Trinajstić information content (AvgIpc) is 2.75. The van der Waals surface area contributed by atoms with E-state index in [1.54, 1.807) is 4.90 Å². The second-order valence-electron chi connectivity index (χ2n) is 5.42. The van der Waals surface area contributed by atoms with Gasteiger partial charge in [0.15, 0.2) is 0 Å². The lowest BCUT2D eigenvalue weighted by molar-refractivity contribution is 0.0469. The third kappa shape index (κ3) is 3.10. The molecule has 1 aromatic heterocycles. The van der Waals surface area contributed by atoms with Crippen LogP contribution >= 0.6 is 0 Å². The molecule has 5 nitrogen and oxygen atoms in total. The summed E-state index contributed by atoms with van der Waals surface area (Å²) in [7, 11) is 0. The van der Waals surface area contributed by atoms with Crippen molar-refractivity contribution in [1.29, 1.82) is 0 Å². The van der Waals surface area contributed by atoms with Crippen molar-refractivity contribution in [1.82, 2.24) is 15.1 Å². The first kappa shape index (κ1) is 13.1. The van der Waals surface area contributed by atoms with E-state index in [2.05, 4.69) is 24.0 Å². The van der Waals surface area contributed by atoms with E-state index in [0.29, 0.717) is 24.7 Å². The van der Waals surface area contributed by atoms with Gasteiger partial charge in [0, 0.05) is 18.8 Å². The van der Waals surface area contributed by atoms with Crippen LogP contribution in [0.3, 0.4) is 0 Å². The van der Waals surface area contributed by atoms with Gasteiger partial charge in [-0.1, -0.05) is 13.8 Å². The first-order valence-electron chi connectivity index (χ1n) is 6.58. The van der Waals surface area contributed by atoms with Crippen LogP contribution in [0, 0.1) is 5.92 Å². The van der Waals surface area contributed by atoms with E-state index in [-0.39, 0.29) is 5.91 Å². The fraction of sp³-hybridized carbons (Fsp3) is 0.692. The van der Waals surface area contributed by atoms with Gasteiger partial charge in [-0.2, -0.15) is 5.10 Å². The molecule has 0 spiro atoms. The van der Waals surface area contributed by atoms with E-state index in [1.165, 1.54) is 0 Å². The molecule has 0 aliphatic carbocycles. The van der Waals surface area contributed by atoms with Crippen LogP contribution in [0.1, 0.15) is 42.9 Å². The number of hydrogen-bond donors (Lipinski definition) is 2. The van der Waals surface area contributed by atoms with Crippen molar-refractivity contribution in [2.45, 2.75) is 39.2 Å². The SMILES string of the molecule is CC(C)Cc1cc(C(=O)N2CCCC(O)C2)n[nH]1. The van der Waals surface area contributed by atoms with Crippen LogP contribution in [0.2, 0.25) is 0 Å². The number of hydrogen-bond acceptors (Lipinski definition) is 3. The van der Waals surface area contributed by atoms with Gasteiger partial charge in [-0.15, -0.1) is 0 Å². The molecular weight excluding hydrogens is 230 g/mol. The minimum atomic E-state index is -0.392. The van der Waals surface area contributed by atoms with E-state index in [0.717, 1.165) is 25.0 Å². The van der Waals surface area contributed by atoms with Crippen LogP contribution in [0.15, 0.2) is 6.07 Å². The Labute approximate surface area is 107 Å². The second-order valence-corrected chi connectivity index (χ2v) is 5.42. The molecule has 2 N–H and O–H groups in total. The van der Waals surface area contributed by atoms with E-state index in [4.69, 9.17) is 0 Å². The summed E-state index contributed by atoms with van der Waals surface area (Å²) < 4.78 is 0. The molecule has 18 heavy (non-hydrogen) atoms. The highest BCUT2D eigenvalue weighted by molar-refractivity contribution is 5.92. The number of rotatable bonds is 3. The monoisotopic (exact) mass is 251 g/mol. The molecule has 100 valence electrons. The van der Waals surface area contributed by atoms with Crippen LogP contribution in [-0.2, 0) is 6.42 Å². The number of carbonyl (C=O) groups excluding carboxylic acids is 1. The molecule has 1 aromatic rings. The highest BCUT2D eigenvalue weighted by Crippen LogP contribution is 2.14. The number of aromatic nitrogens is 2. The zero-order valence-electron chi connectivity index (χ0n) is 11.0. The van der Waals surface area contributed by atoms with Crippen molar-refractivity contribution in [2.75, 3.05) is 13.1 Å². The summed E-state index contributed by atoms with van der Waals surface area (Å²) in [6.45, 7) is 5.39. The molecule has 0 aromatic carbocycles. The van der Waals surface area contributed by atoms with Gasteiger partial charge in [0.1, 0.15) is 5.69 Å². The maximum atomic E-state index is 12.2. The molecule has 1 aliphatic heterocycles. The van der Waals surface area contributed by atoms with Crippen LogP contribution in [0.5, 0.6) is 0 Å². The number of piperidine rings is 1.